The Kier molecular flexibility index (Phi) is 2.92. The summed E-state index contributed by atoms with van der Waals surface area (Å²) in [5.74, 6) is 0.484. The molecule has 0 aliphatic heterocycles. The molecule has 1 aliphatic carbocycles. The number of aliphatic imine (C=N–C) groups is 1. The zero-order chi connectivity index (χ0) is 9.03. The van der Waals surface area contributed by atoms with Gasteiger partial charge in [0.1, 0.15) is 0 Å². The Morgan fingerprint density at radius 3 is 2.75 bits per heavy atom. The Morgan fingerprint density at radius 2 is 2.33 bits per heavy atom. The quantitative estimate of drug-likeness (QED) is 0.401. The van der Waals surface area contributed by atoms with Crippen molar-refractivity contribution < 1.29 is 5.11 Å². The molecule has 12 heavy (non-hydrogen) atoms. The van der Waals surface area contributed by atoms with Crippen LogP contribution >= 0.6 is 0 Å². The summed E-state index contributed by atoms with van der Waals surface area (Å²) in [6.45, 7) is 3.65. The molecule has 0 aromatic rings. The van der Waals surface area contributed by atoms with E-state index in [1.54, 1.807) is 0 Å². The Labute approximate surface area is 72.9 Å². The molecule has 1 fully saturated rings. The molecular formula is C8H17N3O. The molecule has 1 rings (SSSR count). The first-order valence-corrected chi connectivity index (χ1v) is 4.37. The number of hydrogen-bond donors (Lipinski definition) is 3. The molecule has 70 valence electrons. The van der Waals surface area contributed by atoms with Crippen LogP contribution in [0.4, 0.5) is 0 Å². The van der Waals surface area contributed by atoms with Crippen LogP contribution in [0.25, 0.3) is 0 Å². The third-order valence-corrected chi connectivity index (χ3v) is 2.24. The highest BCUT2D eigenvalue weighted by Crippen LogP contribution is 2.45. The van der Waals surface area contributed by atoms with Crippen molar-refractivity contribution in [1.82, 2.24) is 5.32 Å². The second kappa shape index (κ2) is 3.76. The van der Waals surface area contributed by atoms with Gasteiger partial charge in [0.25, 0.3) is 0 Å². The maximum Gasteiger partial charge on any atom is 0.188 e. The maximum atomic E-state index is 8.97. The number of hydrogen-bond acceptors (Lipinski definition) is 2. The molecule has 0 aromatic carbocycles. The third kappa shape index (κ3) is 2.37. The van der Waals surface area contributed by atoms with E-state index in [4.69, 9.17) is 10.8 Å². The summed E-state index contributed by atoms with van der Waals surface area (Å²) in [4.78, 5) is 4.14. The van der Waals surface area contributed by atoms with Crippen molar-refractivity contribution in [3.8, 4) is 0 Å². The van der Waals surface area contributed by atoms with Crippen molar-refractivity contribution in [2.24, 2.45) is 16.1 Å². The first kappa shape index (κ1) is 9.32. The van der Waals surface area contributed by atoms with Crippen LogP contribution < -0.4 is 11.1 Å². The van der Waals surface area contributed by atoms with Crippen molar-refractivity contribution in [1.29, 1.82) is 0 Å². The summed E-state index contributed by atoms with van der Waals surface area (Å²) < 4.78 is 0. The number of aliphatic hydroxyl groups excluding tert-OH is 1. The lowest BCUT2D eigenvalue weighted by atomic mass is 10.1. The molecule has 4 N–H and O–H groups in total. The van der Waals surface area contributed by atoms with Gasteiger partial charge in [0.15, 0.2) is 5.96 Å². The van der Waals surface area contributed by atoms with E-state index in [9.17, 15) is 0 Å². The second-order valence-electron chi connectivity index (χ2n) is 3.39. The van der Waals surface area contributed by atoms with Crippen LogP contribution in [0, 0.1) is 5.41 Å². The van der Waals surface area contributed by atoms with Gasteiger partial charge in [0, 0.05) is 12.0 Å². The normalized spacial score (nSPS) is 20.7. The number of guanidine groups is 1. The van der Waals surface area contributed by atoms with Crippen molar-refractivity contribution in [3.63, 3.8) is 0 Å². The first-order chi connectivity index (χ1) is 5.72. The van der Waals surface area contributed by atoms with Gasteiger partial charge in [-0.25, -0.2) is 0 Å². The molecular weight excluding hydrogens is 154 g/mol. The van der Waals surface area contributed by atoms with Crippen molar-refractivity contribution >= 4 is 5.96 Å². The molecule has 0 bridgehead atoms. The van der Waals surface area contributed by atoms with E-state index < -0.39 is 0 Å². The Balaban J connectivity index is 2.27. The monoisotopic (exact) mass is 171 g/mol. The van der Waals surface area contributed by atoms with E-state index in [2.05, 4.69) is 10.3 Å². The fourth-order valence-electron chi connectivity index (χ4n) is 1.03. The van der Waals surface area contributed by atoms with Crippen molar-refractivity contribution in [2.75, 3.05) is 19.7 Å². The smallest absolute Gasteiger partial charge is 0.188 e. The van der Waals surface area contributed by atoms with Crippen LogP contribution in [0.2, 0.25) is 0 Å². The fourth-order valence-corrected chi connectivity index (χ4v) is 1.03. The molecule has 1 aliphatic rings. The highest BCUT2D eigenvalue weighted by Gasteiger charge is 2.41. The van der Waals surface area contributed by atoms with E-state index in [0.29, 0.717) is 12.5 Å². The fraction of sp³-hybridized carbons (Fsp3) is 0.875. The molecule has 0 aromatic heterocycles. The molecule has 1 saturated carbocycles. The lowest BCUT2D eigenvalue weighted by Crippen LogP contribution is -2.32. The van der Waals surface area contributed by atoms with Gasteiger partial charge in [-0.3, -0.25) is 4.99 Å². The van der Waals surface area contributed by atoms with Gasteiger partial charge in [-0.1, -0.05) is 0 Å². The number of aliphatic hydroxyl groups is 1. The minimum Gasteiger partial charge on any atom is -0.396 e. The molecule has 4 heteroatoms. The average molecular weight is 171 g/mol. The van der Waals surface area contributed by atoms with Crippen LogP contribution in [0.5, 0.6) is 0 Å². The Morgan fingerprint density at radius 1 is 1.67 bits per heavy atom. The van der Waals surface area contributed by atoms with Gasteiger partial charge < -0.3 is 16.2 Å². The van der Waals surface area contributed by atoms with Gasteiger partial charge in [0.05, 0.1) is 13.2 Å². The van der Waals surface area contributed by atoms with Gasteiger partial charge in [-0.15, -0.1) is 0 Å². The summed E-state index contributed by atoms with van der Waals surface area (Å²) >= 11 is 0. The highest BCUT2D eigenvalue weighted by molar-refractivity contribution is 5.77. The van der Waals surface area contributed by atoms with Crippen LogP contribution in [0.3, 0.4) is 0 Å². The Bertz CT molecular complexity index is 175. The summed E-state index contributed by atoms with van der Waals surface area (Å²) in [7, 11) is 0. The number of nitrogens with one attached hydrogen (secondary N) is 1. The van der Waals surface area contributed by atoms with E-state index in [1.807, 2.05) is 6.92 Å². The molecule has 0 saturated heterocycles. The van der Waals surface area contributed by atoms with E-state index in [0.717, 1.165) is 19.4 Å². The lowest BCUT2D eigenvalue weighted by Gasteiger charge is -2.08. The summed E-state index contributed by atoms with van der Waals surface area (Å²) in [6.07, 6.45) is 2.15. The van der Waals surface area contributed by atoms with Crippen LogP contribution in [0.1, 0.15) is 19.8 Å². The summed E-state index contributed by atoms with van der Waals surface area (Å²) in [6, 6.07) is 0. The SMILES string of the molecule is CCNC(N)=NCC1(CO)CC1. The summed E-state index contributed by atoms with van der Waals surface area (Å²) in [5.41, 5.74) is 5.60. The lowest BCUT2D eigenvalue weighted by molar-refractivity contribution is 0.217. The number of rotatable bonds is 4. The third-order valence-electron chi connectivity index (χ3n) is 2.24. The van der Waals surface area contributed by atoms with E-state index in [-0.39, 0.29) is 12.0 Å². The first-order valence-electron chi connectivity index (χ1n) is 4.37. The minimum absolute atomic E-state index is 0.0695. The van der Waals surface area contributed by atoms with Crippen molar-refractivity contribution in [2.45, 2.75) is 19.8 Å². The van der Waals surface area contributed by atoms with E-state index >= 15 is 0 Å². The van der Waals surface area contributed by atoms with Crippen LogP contribution in [-0.4, -0.2) is 30.8 Å². The number of nitrogens with zero attached hydrogens (tertiary/aromatic N) is 1. The van der Waals surface area contributed by atoms with Crippen molar-refractivity contribution in [3.05, 3.63) is 0 Å². The van der Waals surface area contributed by atoms with Gasteiger partial charge in [0.2, 0.25) is 0 Å². The van der Waals surface area contributed by atoms with Gasteiger partial charge in [-0.2, -0.15) is 0 Å². The predicted molar refractivity (Wildman–Crippen MR) is 48.9 cm³/mol. The topological polar surface area (TPSA) is 70.6 Å². The van der Waals surface area contributed by atoms with Crippen LogP contribution in [0.15, 0.2) is 4.99 Å². The second-order valence-corrected chi connectivity index (χ2v) is 3.39. The zero-order valence-corrected chi connectivity index (χ0v) is 7.51. The Hall–Kier alpha value is -0.770. The summed E-state index contributed by atoms with van der Waals surface area (Å²) in [5, 5.41) is 11.9. The van der Waals surface area contributed by atoms with Gasteiger partial charge in [-0.05, 0) is 19.8 Å². The molecule has 0 unspecified atom stereocenters. The molecule has 0 amide bonds. The number of nitrogens with two attached hydrogens (primary N) is 1. The van der Waals surface area contributed by atoms with Gasteiger partial charge >= 0.3 is 0 Å². The molecule has 0 radical (unpaired) electrons. The van der Waals surface area contributed by atoms with Crippen LogP contribution in [-0.2, 0) is 0 Å². The molecule has 0 heterocycles. The highest BCUT2D eigenvalue weighted by atomic mass is 16.3. The molecule has 0 spiro atoms. The minimum atomic E-state index is 0.0695. The molecule has 0 atom stereocenters. The zero-order valence-electron chi connectivity index (χ0n) is 7.51. The average Bonchev–Trinajstić information content (AvgIpc) is 2.82. The molecule has 4 nitrogen and oxygen atoms in total. The maximum absolute atomic E-state index is 8.97. The van der Waals surface area contributed by atoms with E-state index in [1.165, 1.54) is 0 Å². The standard InChI is InChI=1S/C8H17N3O/c1-2-10-7(9)11-5-8(6-12)3-4-8/h12H,2-6H2,1H3,(H3,9,10,11). The predicted octanol–water partition coefficient (Wildman–Crippen LogP) is -0.317. The largest absolute Gasteiger partial charge is 0.396 e.